The van der Waals surface area contributed by atoms with E-state index in [4.69, 9.17) is 10.5 Å². The second-order valence-corrected chi connectivity index (χ2v) is 4.13. The van der Waals surface area contributed by atoms with E-state index in [1.165, 1.54) is 11.1 Å². The Morgan fingerprint density at radius 3 is 2.69 bits per heavy atom. The summed E-state index contributed by atoms with van der Waals surface area (Å²) in [7, 11) is 0. The molecule has 0 fully saturated rings. The van der Waals surface area contributed by atoms with Gasteiger partial charge in [-0.1, -0.05) is 36.4 Å². The van der Waals surface area contributed by atoms with E-state index in [-0.39, 0.29) is 5.92 Å². The lowest BCUT2D eigenvalue weighted by atomic mass is 9.89. The first-order valence-electron chi connectivity index (χ1n) is 5.31. The maximum Gasteiger partial charge on any atom is 0.134 e. The molecule has 0 saturated heterocycles. The van der Waals surface area contributed by atoms with Crippen LogP contribution >= 0.6 is 0 Å². The molecule has 78 valence electrons. The number of nitriles is 2. The van der Waals surface area contributed by atoms with Gasteiger partial charge in [0.15, 0.2) is 0 Å². The largest absolute Gasteiger partial charge is 0.197 e. The zero-order valence-corrected chi connectivity index (χ0v) is 8.98. The van der Waals surface area contributed by atoms with E-state index in [1.807, 2.05) is 24.3 Å². The molecule has 0 spiro atoms. The van der Waals surface area contributed by atoms with Gasteiger partial charge in [0.25, 0.3) is 0 Å². The highest BCUT2D eigenvalue weighted by atomic mass is 14.4. The van der Waals surface area contributed by atoms with E-state index in [2.05, 4.69) is 18.7 Å². The molecule has 0 aromatic heterocycles. The van der Waals surface area contributed by atoms with Gasteiger partial charge in [0, 0.05) is 5.92 Å². The van der Waals surface area contributed by atoms with Crippen molar-refractivity contribution in [2.45, 2.75) is 18.8 Å². The van der Waals surface area contributed by atoms with Crippen LogP contribution in [0.4, 0.5) is 0 Å². The Labute approximate surface area is 95.4 Å². The average Bonchev–Trinajstić information content (AvgIpc) is 2.62. The summed E-state index contributed by atoms with van der Waals surface area (Å²) in [6.45, 7) is 4.05. The van der Waals surface area contributed by atoms with Crippen molar-refractivity contribution in [1.82, 2.24) is 0 Å². The molecule has 1 aromatic rings. The number of benzene rings is 1. The van der Waals surface area contributed by atoms with Crippen molar-refractivity contribution in [3.63, 3.8) is 0 Å². The number of allylic oxidation sites excluding steroid dienone is 1. The van der Waals surface area contributed by atoms with E-state index in [0.29, 0.717) is 6.42 Å². The normalized spacial score (nSPS) is 17.9. The summed E-state index contributed by atoms with van der Waals surface area (Å²) in [5.41, 5.74) is 3.65. The van der Waals surface area contributed by atoms with Gasteiger partial charge in [-0.05, 0) is 24.0 Å². The van der Waals surface area contributed by atoms with Gasteiger partial charge in [-0.3, -0.25) is 0 Å². The molecule has 1 aliphatic rings. The summed E-state index contributed by atoms with van der Waals surface area (Å²) in [6.07, 6.45) is 1.45. The number of hydrogen-bond donors (Lipinski definition) is 0. The van der Waals surface area contributed by atoms with E-state index in [1.54, 1.807) is 0 Å². The van der Waals surface area contributed by atoms with Gasteiger partial charge in [0.1, 0.15) is 5.92 Å². The number of fused-ring (bicyclic) bond motifs is 1. The number of hydrogen-bond acceptors (Lipinski definition) is 2. The van der Waals surface area contributed by atoms with Crippen LogP contribution in [0.2, 0.25) is 0 Å². The molecule has 0 N–H and O–H groups in total. The summed E-state index contributed by atoms with van der Waals surface area (Å²) < 4.78 is 0. The molecule has 1 aromatic carbocycles. The fraction of sp³-hybridized carbons (Fsp3) is 0.286. The molecule has 0 bridgehead atoms. The molecule has 2 rings (SSSR count). The summed E-state index contributed by atoms with van der Waals surface area (Å²) in [6, 6.07) is 12.2. The second-order valence-electron chi connectivity index (χ2n) is 4.13. The van der Waals surface area contributed by atoms with E-state index in [0.717, 1.165) is 12.0 Å². The molecule has 1 atom stereocenters. The van der Waals surface area contributed by atoms with Gasteiger partial charge in [-0.25, -0.2) is 0 Å². The Bertz CT molecular complexity index is 488. The van der Waals surface area contributed by atoms with Gasteiger partial charge in [-0.15, -0.1) is 0 Å². The Balaban J connectivity index is 2.27. The molecule has 0 saturated carbocycles. The lowest BCUT2D eigenvalue weighted by Gasteiger charge is -2.12. The smallest absolute Gasteiger partial charge is 0.134 e. The monoisotopic (exact) mass is 208 g/mol. The first kappa shape index (κ1) is 10.5. The van der Waals surface area contributed by atoms with Crippen LogP contribution in [0.5, 0.6) is 0 Å². The molecule has 0 aliphatic heterocycles. The SMILES string of the molecule is C=C1Cc2ccccc2C1CC(C#N)C#N. The first-order chi connectivity index (χ1) is 7.76. The minimum Gasteiger partial charge on any atom is -0.197 e. The van der Waals surface area contributed by atoms with Gasteiger partial charge in [0.05, 0.1) is 12.1 Å². The van der Waals surface area contributed by atoms with Gasteiger partial charge in [0.2, 0.25) is 0 Å². The Morgan fingerprint density at radius 2 is 2.00 bits per heavy atom. The quantitative estimate of drug-likeness (QED) is 0.701. The zero-order valence-electron chi connectivity index (χ0n) is 8.98. The molecule has 0 heterocycles. The summed E-state index contributed by atoms with van der Waals surface area (Å²) in [5.74, 6) is -0.353. The van der Waals surface area contributed by atoms with Crippen molar-refractivity contribution in [3.8, 4) is 12.1 Å². The maximum absolute atomic E-state index is 8.82. The first-order valence-corrected chi connectivity index (χ1v) is 5.31. The lowest BCUT2D eigenvalue weighted by molar-refractivity contribution is 0.655. The van der Waals surface area contributed by atoms with Crippen LogP contribution in [0.1, 0.15) is 23.5 Å². The van der Waals surface area contributed by atoms with Crippen molar-refractivity contribution in [2.24, 2.45) is 5.92 Å². The van der Waals surface area contributed by atoms with E-state index >= 15 is 0 Å². The fourth-order valence-corrected chi connectivity index (χ4v) is 2.29. The van der Waals surface area contributed by atoms with Gasteiger partial charge >= 0.3 is 0 Å². The zero-order chi connectivity index (χ0) is 11.5. The minimum absolute atomic E-state index is 0.181. The fourth-order valence-electron chi connectivity index (χ4n) is 2.29. The Kier molecular flexibility index (Phi) is 2.75. The third kappa shape index (κ3) is 1.71. The van der Waals surface area contributed by atoms with Crippen LogP contribution in [0, 0.1) is 28.6 Å². The topological polar surface area (TPSA) is 47.6 Å². The molecule has 0 radical (unpaired) electrons. The van der Waals surface area contributed by atoms with Crippen molar-refractivity contribution < 1.29 is 0 Å². The maximum atomic E-state index is 8.82. The van der Waals surface area contributed by atoms with Crippen molar-refractivity contribution in [1.29, 1.82) is 10.5 Å². The van der Waals surface area contributed by atoms with Crippen LogP contribution in [-0.2, 0) is 6.42 Å². The lowest BCUT2D eigenvalue weighted by Crippen LogP contribution is -2.03. The van der Waals surface area contributed by atoms with E-state index < -0.39 is 5.92 Å². The molecule has 0 amide bonds. The number of rotatable bonds is 2. The van der Waals surface area contributed by atoms with Crippen molar-refractivity contribution >= 4 is 0 Å². The molecular formula is C14H12N2. The summed E-state index contributed by atoms with van der Waals surface area (Å²) in [5, 5.41) is 17.6. The molecule has 1 aliphatic carbocycles. The molecule has 2 heteroatoms. The summed E-state index contributed by atoms with van der Waals surface area (Å²) >= 11 is 0. The highest BCUT2D eigenvalue weighted by Gasteiger charge is 2.27. The standard InChI is InChI=1S/C14H12N2/c1-10-6-12-4-2-3-5-13(12)14(10)7-11(8-15)9-16/h2-5,11,14H,1,6-7H2. The van der Waals surface area contributed by atoms with E-state index in [9.17, 15) is 0 Å². The minimum atomic E-state index is -0.534. The highest BCUT2D eigenvalue weighted by molar-refractivity contribution is 5.45. The Morgan fingerprint density at radius 1 is 1.31 bits per heavy atom. The van der Waals surface area contributed by atoms with Crippen molar-refractivity contribution in [3.05, 3.63) is 47.5 Å². The second kappa shape index (κ2) is 4.21. The number of nitrogens with zero attached hydrogens (tertiary/aromatic N) is 2. The van der Waals surface area contributed by atoms with Crippen LogP contribution in [0.3, 0.4) is 0 Å². The third-order valence-electron chi connectivity index (χ3n) is 3.12. The molecule has 1 unspecified atom stereocenters. The predicted molar refractivity (Wildman–Crippen MR) is 61.4 cm³/mol. The van der Waals surface area contributed by atoms with Crippen LogP contribution < -0.4 is 0 Å². The summed E-state index contributed by atoms with van der Waals surface area (Å²) in [4.78, 5) is 0. The van der Waals surface area contributed by atoms with Crippen molar-refractivity contribution in [2.75, 3.05) is 0 Å². The van der Waals surface area contributed by atoms with Gasteiger partial charge in [-0.2, -0.15) is 10.5 Å². The molecule has 16 heavy (non-hydrogen) atoms. The average molecular weight is 208 g/mol. The van der Waals surface area contributed by atoms with Crippen LogP contribution in [0.25, 0.3) is 0 Å². The third-order valence-corrected chi connectivity index (χ3v) is 3.12. The highest BCUT2D eigenvalue weighted by Crippen LogP contribution is 2.40. The predicted octanol–water partition coefficient (Wildman–Crippen LogP) is 2.94. The molecular weight excluding hydrogens is 196 g/mol. The Hall–Kier alpha value is -2.06. The van der Waals surface area contributed by atoms with Gasteiger partial charge < -0.3 is 0 Å². The van der Waals surface area contributed by atoms with Crippen LogP contribution in [-0.4, -0.2) is 0 Å². The van der Waals surface area contributed by atoms with Crippen LogP contribution in [0.15, 0.2) is 36.4 Å². The molecule has 2 nitrogen and oxygen atoms in total.